The van der Waals surface area contributed by atoms with Crippen LogP contribution in [-0.4, -0.2) is 79.8 Å². The zero-order valence-electron chi connectivity index (χ0n) is 25.4. The van der Waals surface area contributed by atoms with Crippen LogP contribution in [0.15, 0.2) is 47.3 Å². The van der Waals surface area contributed by atoms with E-state index in [1.807, 2.05) is 32.9 Å². The molecule has 9 heteroatoms. The number of aromatic amines is 1. The largest absolute Gasteiger partial charge is 0.379 e. The first-order chi connectivity index (χ1) is 20.3. The number of nitrogens with one attached hydrogen (secondary N) is 3. The summed E-state index contributed by atoms with van der Waals surface area (Å²) in [6, 6.07) is 14.8. The first-order valence-electron chi connectivity index (χ1n) is 15.1. The Bertz CT molecular complexity index is 1440. The van der Waals surface area contributed by atoms with Crippen molar-refractivity contribution < 1.29 is 9.53 Å². The molecule has 0 radical (unpaired) electrons. The second-order valence-electron chi connectivity index (χ2n) is 11.3. The van der Waals surface area contributed by atoms with Gasteiger partial charge in [0.05, 0.1) is 18.9 Å². The molecule has 2 aliphatic heterocycles. The number of rotatable bonds is 9. The number of aryl methyl sites for hydroxylation is 2. The Balaban J connectivity index is 1.46. The summed E-state index contributed by atoms with van der Waals surface area (Å²) in [5.74, 6) is -0.185. The average molecular weight is 573 g/mol. The van der Waals surface area contributed by atoms with Crippen molar-refractivity contribution in [2.75, 3.05) is 64.0 Å². The number of amides is 1. The summed E-state index contributed by atoms with van der Waals surface area (Å²) in [6.45, 7) is 17.0. The third-order valence-corrected chi connectivity index (χ3v) is 8.35. The van der Waals surface area contributed by atoms with Crippen LogP contribution in [0.2, 0.25) is 0 Å². The van der Waals surface area contributed by atoms with Crippen LogP contribution >= 0.6 is 0 Å². The Morgan fingerprint density at radius 1 is 0.976 bits per heavy atom. The number of aromatic nitrogens is 1. The van der Waals surface area contributed by atoms with Crippen LogP contribution < -0.4 is 21.2 Å². The van der Waals surface area contributed by atoms with Gasteiger partial charge in [-0.15, -0.1) is 0 Å². The van der Waals surface area contributed by atoms with E-state index in [4.69, 9.17) is 4.74 Å². The van der Waals surface area contributed by atoms with Gasteiger partial charge in [-0.1, -0.05) is 24.3 Å². The van der Waals surface area contributed by atoms with Gasteiger partial charge < -0.3 is 25.4 Å². The molecule has 2 saturated heterocycles. The fraction of sp³-hybridized carbons (Fsp3) is 0.455. The van der Waals surface area contributed by atoms with Crippen molar-refractivity contribution in [3.8, 4) is 11.1 Å². The molecule has 224 valence electrons. The van der Waals surface area contributed by atoms with Gasteiger partial charge >= 0.3 is 0 Å². The van der Waals surface area contributed by atoms with Crippen LogP contribution in [-0.2, 0) is 17.8 Å². The first-order valence-corrected chi connectivity index (χ1v) is 15.1. The molecule has 0 aliphatic carbocycles. The average Bonchev–Trinajstić information content (AvgIpc) is 2.99. The molecule has 1 aromatic heterocycles. The lowest BCUT2D eigenvalue weighted by Gasteiger charge is -2.39. The maximum atomic E-state index is 13.7. The summed E-state index contributed by atoms with van der Waals surface area (Å²) in [5.41, 5.74) is 8.01. The van der Waals surface area contributed by atoms with Gasteiger partial charge in [0.15, 0.2) is 0 Å². The van der Waals surface area contributed by atoms with Crippen molar-refractivity contribution in [2.45, 2.75) is 40.8 Å². The number of benzene rings is 2. The lowest BCUT2D eigenvalue weighted by atomic mass is 9.96. The van der Waals surface area contributed by atoms with E-state index in [0.29, 0.717) is 11.1 Å². The predicted octanol–water partition coefficient (Wildman–Crippen LogP) is 3.38. The van der Waals surface area contributed by atoms with Gasteiger partial charge in [0.25, 0.3) is 11.5 Å². The highest BCUT2D eigenvalue weighted by Crippen LogP contribution is 2.32. The van der Waals surface area contributed by atoms with Gasteiger partial charge in [0, 0.05) is 75.7 Å². The number of hydrogen-bond acceptors (Lipinski definition) is 7. The minimum absolute atomic E-state index is 0.160. The van der Waals surface area contributed by atoms with Crippen molar-refractivity contribution in [1.29, 1.82) is 0 Å². The van der Waals surface area contributed by atoms with E-state index in [1.54, 1.807) is 0 Å². The molecule has 0 saturated carbocycles. The summed E-state index contributed by atoms with van der Waals surface area (Å²) < 4.78 is 5.49. The number of carbonyl (C=O) groups is 1. The fourth-order valence-electron chi connectivity index (χ4n) is 5.97. The lowest BCUT2D eigenvalue weighted by Crippen LogP contribution is -2.53. The Morgan fingerprint density at radius 3 is 2.36 bits per heavy atom. The molecular weight excluding hydrogens is 528 g/mol. The summed E-state index contributed by atoms with van der Waals surface area (Å²) in [6.07, 6.45) is 0. The lowest BCUT2D eigenvalue weighted by molar-refractivity contribution is 0.0342. The minimum atomic E-state index is -0.185. The molecular formula is C33H44N6O3. The van der Waals surface area contributed by atoms with Crippen LogP contribution in [0.5, 0.6) is 0 Å². The number of anilines is 1. The number of hydrazine groups is 1. The highest BCUT2D eigenvalue weighted by Gasteiger charge is 2.23. The Morgan fingerprint density at radius 2 is 1.69 bits per heavy atom. The van der Waals surface area contributed by atoms with E-state index < -0.39 is 0 Å². The molecule has 2 aromatic carbocycles. The van der Waals surface area contributed by atoms with Gasteiger partial charge in [-0.25, -0.2) is 5.01 Å². The maximum Gasteiger partial charge on any atom is 0.253 e. The highest BCUT2D eigenvalue weighted by molar-refractivity contribution is 5.98. The number of morpholine rings is 1. The maximum absolute atomic E-state index is 13.7. The van der Waals surface area contributed by atoms with E-state index in [9.17, 15) is 9.59 Å². The summed E-state index contributed by atoms with van der Waals surface area (Å²) in [4.78, 5) is 31.6. The van der Waals surface area contributed by atoms with E-state index in [0.717, 1.165) is 99.2 Å². The number of pyridine rings is 1. The molecule has 3 N–H and O–H groups in total. The van der Waals surface area contributed by atoms with Crippen LogP contribution in [0, 0.1) is 20.8 Å². The Hall–Kier alpha value is -3.50. The monoisotopic (exact) mass is 572 g/mol. The molecule has 1 amide bonds. The fourth-order valence-corrected chi connectivity index (χ4v) is 5.97. The SMILES string of the molecule is CCN(c1cc(-c2ccc(CN3CCOCC3)cc2)cc(C(=O)NCc2c(C)cc(C)[nH]c2=O)c1C)N1CCNCC1. The van der Waals surface area contributed by atoms with Crippen LogP contribution in [0.25, 0.3) is 11.1 Å². The van der Waals surface area contributed by atoms with Crippen molar-refractivity contribution >= 4 is 11.6 Å². The van der Waals surface area contributed by atoms with E-state index in [2.05, 4.69) is 67.8 Å². The molecule has 2 fully saturated rings. The Labute approximate surface area is 248 Å². The molecule has 2 aliphatic rings. The smallest absolute Gasteiger partial charge is 0.253 e. The van der Waals surface area contributed by atoms with E-state index in [-0.39, 0.29) is 18.0 Å². The summed E-state index contributed by atoms with van der Waals surface area (Å²) >= 11 is 0. The van der Waals surface area contributed by atoms with Crippen molar-refractivity contribution in [3.63, 3.8) is 0 Å². The van der Waals surface area contributed by atoms with Crippen LogP contribution in [0.4, 0.5) is 5.69 Å². The number of nitrogens with zero attached hydrogens (tertiary/aromatic N) is 3. The molecule has 42 heavy (non-hydrogen) atoms. The second kappa shape index (κ2) is 13.6. The van der Waals surface area contributed by atoms with Crippen molar-refractivity contribution in [2.24, 2.45) is 0 Å². The zero-order chi connectivity index (χ0) is 29.6. The number of ether oxygens (including phenoxy) is 1. The summed E-state index contributed by atoms with van der Waals surface area (Å²) in [7, 11) is 0. The van der Waals surface area contributed by atoms with Crippen molar-refractivity contribution in [3.05, 3.63) is 86.3 Å². The number of hydrogen-bond donors (Lipinski definition) is 3. The molecule has 9 nitrogen and oxygen atoms in total. The topological polar surface area (TPSA) is 92.9 Å². The zero-order valence-corrected chi connectivity index (χ0v) is 25.4. The van der Waals surface area contributed by atoms with E-state index in [1.165, 1.54) is 5.56 Å². The van der Waals surface area contributed by atoms with Crippen LogP contribution in [0.1, 0.15) is 45.2 Å². The number of H-pyrrole nitrogens is 1. The van der Waals surface area contributed by atoms with Gasteiger partial charge in [0.2, 0.25) is 0 Å². The quantitative estimate of drug-likeness (QED) is 0.362. The molecule has 0 atom stereocenters. The Kier molecular flexibility index (Phi) is 9.74. The first kappa shape index (κ1) is 30.0. The molecule has 0 unspecified atom stereocenters. The van der Waals surface area contributed by atoms with Gasteiger partial charge in [-0.3, -0.25) is 14.5 Å². The predicted molar refractivity (Wildman–Crippen MR) is 168 cm³/mol. The minimum Gasteiger partial charge on any atom is -0.379 e. The third-order valence-electron chi connectivity index (χ3n) is 8.35. The summed E-state index contributed by atoms with van der Waals surface area (Å²) in [5, 5.41) is 11.1. The third kappa shape index (κ3) is 6.93. The van der Waals surface area contributed by atoms with Crippen molar-refractivity contribution in [1.82, 2.24) is 25.5 Å². The number of carbonyl (C=O) groups excluding carboxylic acids is 1. The molecule has 3 heterocycles. The number of piperazine rings is 1. The molecule has 0 spiro atoms. The van der Waals surface area contributed by atoms with Crippen LogP contribution in [0.3, 0.4) is 0 Å². The normalized spacial score (nSPS) is 16.4. The second-order valence-corrected chi connectivity index (χ2v) is 11.3. The molecule has 0 bridgehead atoms. The standard InChI is InChI=1S/C33H44N6O3/c1-5-39(38-12-10-34-11-13-38)31-20-28(27-8-6-26(7-9-27)22-37-14-16-42-17-15-37)19-29(25(31)4)32(40)35-21-30-23(2)18-24(3)36-33(30)41/h6-9,18-20,34H,5,10-17,21-22H2,1-4H3,(H,35,40)(H,36,41). The van der Waals surface area contributed by atoms with E-state index >= 15 is 0 Å². The van der Waals surface area contributed by atoms with Gasteiger partial charge in [-0.05, 0) is 73.7 Å². The molecule has 3 aromatic rings. The highest BCUT2D eigenvalue weighted by atomic mass is 16.5. The molecule has 5 rings (SSSR count). The van der Waals surface area contributed by atoms with Gasteiger partial charge in [0.1, 0.15) is 0 Å². The van der Waals surface area contributed by atoms with Gasteiger partial charge in [-0.2, -0.15) is 0 Å².